The summed E-state index contributed by atoms with van der Waals surface area (Å²) >= 11 is 0. The number of furan rings is 1. The smallest absolute Gasteiger partial charge is 0.276 e. The van der Waals surface area contributed by atoms with E-state index in [4.69, 9.17) is 10.2 Å². The van der Waals surface area contributed by atoms with Crippen LogP contribution in [-0.4, -0.2) is 17.0 Å². The number of aromatic nitrogens is 1. The summed E-state index contributed by atoms with van der Waals surface area (Å²) in [4.78, 5) is 16.0. The fraction of sp³-hybridized carbons (Fsp3) is 0.182. The first kappa shape index (κ1) is 11.9. The van der Waals surface area contributed by atoms with Crippen LogP contribution in [0.2, 0.25) is 0 Å². The van der Waals surface area contributed by atoms with Gasteiger partial charge in [0.25, 0.3) is 5.69 Å². The van der Waals surface area contributed by atoms with E-state index in [1.54, 1.807) is 24.3 Å². The van der Waals surface area contributed by atoms with Crippen LogP contribution in [0.1, 0.15) is 5.76 Å². The Morgan fingerprint density at radius 3 is 2.94 bits per heavy atom. The predicted molar refractivity (Wildman–Crippen MR) is 66.1 cm³/mol. The van der Waals surface area contributed by atoms with Gasteiger partial charge in [-0.05, 0) is 12.1 Å². The van der Waals surface area contributed by atoms with Crippen LogP contribution in [0.15, 0.2) is 34.9 Å². The van der Waals surface area contributed by atoms with Gasteiger partial charge in [0.15, 0.2) is 0 Å². The predicted octanol–water partition coefficient (Wildman–Crippen LogP) is 1.80. The molecule has 0 radical (unpaired) electrons. The van der Waals surface area contributed by atoms with Gasteiger partial charge < -0.3 is 15.1 Å². The molecule has 2 rings (SSSR count). The third kappa shape index (κ3) is 2.57. The average molecular weight is 248 g/mol. The molecule has 0 saturated carbocycles. The van der Waals surface area contributed by atoms with E-state index in [2.05, 4.69) is 4.98 Å². The minimum atomic E-state index is -0.498. The number of nitrogens with two attached hydrogens (primary N) is 1. The molecule has 2 heterocycles. The molecule has 2 aromatic rings. The first-order valence-electron chi connectivity index (χ1n) is 5.22. The van der Waals surface area contributed by atoms with E-state index in [1.807, 2.05) is 6.07 Å². The van der Waals surface area contributed by atoms with Gasteiger partial charge in [-0.15, -0.1) is 0 Å². The molecule has 94 valence electrons. The molecular formula is C11H12N4O3. The van der Waals surface area contributed by atoms with Crippen LogP contribution in [0, 0.1) is 10.1 Å². The highest BCUT2D eigenvalue weighted by Crippen LogP contribution is 2.22. The molecule has 7 nitrogen and oxygen atoms in total. The van der Waals surface area contributed by atoms with Crippen LogP contribution >= 0.6 is 0 Å². The molecule has 0 aromatic carbocycles. The number of anilines is 2. The molecule has 0 amide bonds. The highest BCUT2D eigenvalue weighted by Gasteiger charge is 2.13. The average Bonchev–Trinajstić information content (AvgIpc) is 2.80. The molecule has 0 saturated heterocycles. The maximum atomic E-state index is 10.7. The number of nitrogen functional groups attached to an aromatic ring is 1. The van der Waals surface area contributed by atoms with E-state index in [1.165, 1.54) is 12.1 Å². The third-order valence-corrected chi connectivity index (χ3v) is 2.39. The van der Waals surface area contributed by atoms with Crippen molar-refractivity contribution in [2.45, 2.75) is 6.54 Å². The third-order valence-electron chi connectivity index (χ3n) is 2.39. The van der Waals surface area contributed by atoms with Crippen molar-refractivity contribution in [1.29, 1.82) is 0 Å². The lowest BCUT2D eigenvalue weighted by Crippen LogP contribution is -2.18. The summed E-state index contributed by atoms with van der Waals surface area (Å²) in [5.74, 6) is 1.29. The van der Waals surface area contributed by atoms with Gasteiger partial charge in [-0.1, -0.05) is 0 Å². The van der Waals surface area contributed by atoms with Gasteiger partial charge in [-0.3, -0.25) is 10.1 Å². The van der Waals surface area contributed by atoms with Crippen molar-refractivity contribution in [2.75, 3.05) is 17.7 Å². The summed E-state index contributed by atoms with van der Waals surface area (Å²) in [6.07, 6.45) is 1.57. The molecule has 0 fully saturated rings. The summed E-state index contributed by atoms with van der Waals surface area (Å²) in [5.41, 5.74) is 5.46. The van der Waals surface area contributed by atoms with Crippen LogP contribution in [0.3, 0.4) is 0 Å². The molecule has 0 aliphatic rings. The fourth-order valence-electron chi connectivity index (χ4n) is 1.54. The Kier molecular flexibility index (Phi) is 3.13. The summed E-state index contributed by atoms with van der Waals surface area (Å²) in [6, 6.07) is 6.19. The maximum absolute atomic E-state index is 10.7. The van der Waals surface area contributed by atoms with Crippen molar-refractivity contribution in [3.05, 3.63) is 46.4 Å². The lowest BCUT2D eigenvalue weighted by Gasteiger charge is -2.16. The first-order valence-corrected chi connectivity index (χ1v) is 5.22. The largest absolute Gasteiger partial charge is 0.467 e. The van der Waals surface area contributed by atoms with Crippen molar-refractivity contribution in [3.8, 4) is 0 Å². The summed E-state index contributed by atoms with van der Waals surface area (Å²) < 4.78 is 5.20. The zero-order valence-corrected chi connectivity index (χ0v) is 9.74. The molecule has 2 N–H and O–H groups in total. The van der Waals surface area contributed by atoms with E-state index in [0.717, 1.165) is 5.76 Å². The Hall–Kier alpha value is -2.57. The molecule has 7 heteroatoms. The van der Waals surface area contributed by atoms with E-state index in [0.29, 0.717) is 12.4 Å². The lowest BCUT2D eigenvalue weighted by molar-refractivity contribution is -0.384. The van der Waals surface area contributed by atoms with Gasteiger partial charge in [-0.25, -0.2) is 4.98 Å². The number of hydrogen-bond donors (Lipinski definition) is 1. The molecule has 0 unspecified atom stereocenters. The van der Waals surface area contributed by atoms with Gasteiger partial charge in [0, 0.05) is 7.05 Å². The summed E-state index contributed by atoms with van der Waals surface area (Å²) in [6.45, 7) is 0.459. The van der Waals surface area contributed by atoms with Gasteiger partial charge in [0.05, 0.1) is 29.9 Å². The van der Waals surface area contributed by atoms with Gasteiger partial charge in [0.2, 0.25) is 0 Å². The zero-order valence-electron chi connectivity index (χ0n) is 9.74. The Morgan fingerprint density at radius 1 is 1.56 bits per heavy atom. The van der Waals surface area contributed by atoms with E-state index >= 15 is 0 Å². The maximum Gasteiger partial charge on any atom is 0.276 e. The van der Waals surface area contributed by atoms with Crippen molar-refractivity contribution in [3.63, 3.8) is 0 Å². The van der Waals surface area contributed by atoms with Gasteiger partial charge in [-0.2, -0.15) is 0 Å². The van der Waals surface area contributed by atoms with Gasteiger partial charge in [0.1, 0.15) is 17.4 Å². The molecule has 0 aliphatic heterocycles. The first-order chi connectivity index (χ1) is 8.56. The van der Waals surface area contributed by atoms with E-state index < -0.39 is 4.92 Å². The van der Waals surface area contributed by atoms with Crippen molar-refractivity contribution in [1.82, 2.24) is 4.98 Å². The van der Waals surface area contributed by atoms with E-state index in [9.17, 15) is 10.1 Å². The fourth-order valence-corrected chi connectivity index (χ4v) is 1.54. The minimum absolute atomic E-state index is 0.0798. The van der Waals surface area contributed by atoms with Crippen LogP contribution in [0.4, 0.5) is 17.3 Å². The van der Waals surface area contributed by atoms with Crippen molar-refractivity contribution >= 4 is 17.3 Å². The lowest BCUT2D eigenvalue weighted by atomic mass is 10.3. The Bertz CT molecular complexity index is 553. The number of pyridine rings is 1. The molecule has 2 aromatic heterocycles. The van der Waals surface area contributed by atoms with E-state index in [-0.39, 0.29) is 11.5 Å². The van der Waals surface area contributed by atoms with Crippen LogP contribution in [0.5, 0.6) is 0 Å². The molecule has 18 heavy (non-hydrogen) atoms. The number of hydrogen-bond acceptors (Lipinski definition) is 6. The Balaban J connectivity index is 2.24. The van der Waals surface area contributed by atoms with Crippen LogP contribution < -0.4 is 10.6 Å². The Labute approximate surface area is 103 Å². The quantitative estimate of drug-likeness (QED) is 0.654. The second-order valence-electron chi connectivity index (χ2n) is 3.80. The van der Waals surface area contributed by atoms with Crippen molar-refractivity contribution < 1.29 is 9.34 Å². The molecule has 0 atom stereocenters. The number of nitro groups is 1. The second-order valence-corrected chi connectivity index (χ2v) is 3.80. The molecular weight excluding hydrogens is 236 g/mol. The highest BCUT2D eigenvalue weighted by molar-refractivity contribution is 5.53. The Morgan fingerprint density at radius 2 is 2.33 bits per heavy atom. The standard InChI is InChI=1S/C11H12N4O3/c1-14(7-9-3-2-4-18-9)11-6-8(15(16)17)5-10(12)13-11/h2-6H,7H2,1H3,(H2,12,13). The SMILES string of the molecule is CN(Cc1ccco1)c1cc([N+](=O)[O-])cc(N)n1. The monoisotopic (exact) mass is 248 g/mol. The van der Waals surface area contributed by atoms with Crippen LogP contribution in [-0.2, 0) is 6.54 Å². The zero-order chi connectivity index (χ0) is 13.1. The minimum Gasteiger partial charge on any atom is -0.467 e. The summed E-state index contributed by atoms with van der Waals surface area (Å²) in [5, 5.41) is 10.7. The second kappa shape index (κ2) is 4.74. The number of rotatable bonds is 4. The topological polar surface area (TPSA) is 98.4 Å². The van der Waals surface area contributed by atoms with Crippen molar-refractivity contribution in [2.24, 2.45) is 0 Å². The summed E-state index contributed by atoms with van der Waals surface area (Å²) in [7, 11) is 1.76. The number of nitrogens with zero attached hydrogens (tertiary/aromatic N) is 3. The van der Waals surface area contributed by atoms with Gasteiger partial charge >= 0.3 is 0 Å². The molecule has 0 spiro atoms. The van der Waals surface area contributed by atoms with Crippen LogP contribution in [0.25, 0.3) is 0 Å². The highest BCUT2D eigenvalue weighted by atomic mass is 16.6. The molecule has 0 bridgehead atoms. The molecule has 0 aliphatic carbocycles. The normalized spacial score (nSPS) is 10.3.